The summed E-state index contributed by atoms with van der Waals surface area (Å²) >= 11 is 1.67. The molecule has 1 fully saturated rings. The summed E-state index contributed by atoms with van der Waals surface area (Å²) in [5.41, 5.74) is 0. The first-order valence-electron chi connectivity index (χ1n) is 6.36. The largest absolute Gasteiger partial charge is 0.346 e. The van der Waals surface area contributed by atoms with Crippen LogP contribution in [0, 0.1) is 0 Å². The number of piperazine rings is 1. The maximum atomic E-state index is 10.9. The van der Waals surface area contributed by atoms with Gasteiger partial charge in [0, 0.05) is 44.3 Å². The molecule has 19 heavy (non-hydrogen) atoms. The van der Waals surface area contributed by atoms with E-state index in [-0.39, 0.29) is 0 Å². The second-order valence-electron chi connectivity index (χ2n) is 4.66. The smallest absolute Gasteiger partial charge is 0.208 e. The van der Waals surface area contributed by atoms with Gasteiger partial charge in [-0.1, -0.05) is 0 Å². The molecular weight excluding hydrogens is 284 g/mol. The molecule has 0 amide bonds. The molecule has 0 atom stereocenters. The van der Waals surface area contributed by atoms with Crippen LogP contribution in [0.1, 0.15) is 6.42 Å². The molecular formula is C11H20N4O2S2. The van der Waals surface area contributed by atoms with Gasteiger partial charge in [-0.15, -0.1) is 11.3 Å². The molecule has 0 unspecified atom stereocenters. The number of aromatic nitrogens is 1. The van der Waals surface area contributed by atoms with Crippen LogP contribution >= 0.6 is 11.3 Å². The molecule has 0 aromatic carbocycles. The van der Waals surface area contributed by atoms with E-state index in [1.807, 2.05) is 11.6 Å². The standard InChI is InChI=1S/C11H20N4O2S2/c1-19(16,17)13-3-2-5-14-6-8-15(9-7-14)11-12-4-10-18-11/h4,10,13H,2-3,5-9H2,1H3. The van der Waals surface area contributed by atoms with E-state index in [9.17, 15) is 8.42 Å². The van der Waals surface area contributed by atoms with Gasteiger partial charge in [0.15, 0.2) is 5.13 Å². The highest BCUT2D eigenvalue weighted by molar-refractivity contribution is 7.88. The van der Waals surface area contributed by atoms with Gasteiger partial charge in [-0.25, -0.2) is 18.1 Å². The maximum Gasteiger partial charge on any atom is 0.208 e. The molecule has 8 heteroatoms. The molecule has 6 nitrogen and oxygen atoms in total. The molecule has 1 saturated heterocycles. The minimum atomic E-state index is -3.05. The van der Waals surface area contributed by atoms with Crippen molar-refractivity contribution in [3.63, 3.8) is 0 Å². The Bertz CT molecular complexity index is 467. The summed E-state index contributed by atoms with van der Waals surface area (Å²) in [4.78, 5) is 8.99. The lowest BCUT2D eigenvalue weighted by atomic mass is 10.3. The van der Waals surface area contributed by atoms with E-state index < -0.39 is 10.0 Å². The van der Waals surface area contributed by atoms with Gasteiger partial charge in [0.1, 0.15) is 0 Å². The zero-order chi connectivity index (χ0) is 13.7. The van der Waals surface area contributed by atoms with Crippen LogP contribution in [-0.2, 0) is 10.0 Å². The Hall–Kier alpha value is -0.700. The van der Waals surface area contributed by atoms with Crippen LogP contribution in [0.25, 0.3) is 0 Å². The molecule has 0 aliphatic carbocycles. The number of sulfonamides is 1. The maximum absolute atomic E-state index is 10.9. The molecule has 1 aromatic rings. The number of thiazole rings is 1. The molecule has 1 aliphatic rings. The Kier molecular flexibility index (Phi) is 5.14. The van der Waals surface area contributed by atoms with Gasteiger partial charge in [-0.3, -0.25) is 4.90 Å². The van der Waals surface area contributed by atoms with Crippen molar-refractivity contribution >= 4 is 26.5 Å². The normalized spacial score (nSPS) is 17.8. The number of hydrogen-bond acceptors (Lipinski definition) is 6. The SMILES string of the molecule is CS(=O)(=O)NCCCN1CCN(c2nccs2)CC1. The topological polar surface area (TPSA) is 65.5 Å². The van der Waals surface area contributed by atoms with Crippen LogP contribution in [-0.4, -0.2) is 63.8 Å². The van der Waals surface area contributed by atoms with Crippen molar-refractivity contribution in [3.8, 4) is 0 Å². The van der Waals surface area contributed by atoms with Crippen molar-refractivity contribution in [2.24, 2.45) is 0 Å². The van der Waals surface area contributed by atoms with Crippen molar-refractivity contribution in [1.82, 2.24) is 14.6 Å². The Morgan fingerprint density at radius 2 is 2.11 bits per heavy atom. The Morgan fingerprint density at radius 3 is 2.68 bits per heavy atom. The molecule has 0 saturated carbocycles. The fraction of sp³-hybridized carbons (Fsp3) is 0.727. The molecule has 1 aliphatic heterocycles. The van der Waals surface area contributed by atoms with Gasteiger partial charge in [0.2, 0.25) is 10.0 Å². The van der Waals surface area contributed by atoms with Gasteiger partial charge in [0.05, 0.1) is 6.26 Å². The molecule has 0 radical (unpaired) electrons. The third kappa shape index (κ3) is 5.06. The van der Waals surface area contributed by atoms with Crippen LogP contribution in [0.2, 0.25) is 0 Å². The average Bonchev–Trinajstić information content (AvgIpc) is 2.88. The second-order valence-corrected chi connectivity index (χ2v) is 7.37. The van der Waals surface area contributed by atoms with Gasteiger partial charge in [-0.2, -0.15) is 0 Å². The van der Waals surface area contributed by atoms with E-state index in [0.717, 1.165) is 44.3 Å². The summed E-state index contributed by atoms with van der Waals surface area (Å²) in [6.45, 7) is 5.47. The second kappa shape index (κ2) is 6.65. The monoisotopic (exact) mass is 304 g/mol. The van der Waals surface area contributed by atoms with Gasteiger partial charge < -0.3 is 4.90 Å². The summed E-state index contributed by atoms with van der Waals surface area (Å²) in [7, 11) is -3.05. The van der Waals surface area contributed by atoms with Crippen molar-refractivity contribution in [2.45, 2.75) is 6.42 Å². The third-order valence-electron chi connectivity index (χ3n) is 3.08. The van der Waals surface area contributed by atoms with Crippen LogP contribution in [0.4, 0.5) is 5.13 Å². The first-order chi connectivity index (χ1) is 9.04. The number of anilines is 1. The van der Waals surface area contributed by atoms with E-state index in [1.54, 1.807) is 11.3 Å². The fourth-order valence-electron chi connectivity index (χ4n) is 2.10. The number of rotatable bonds is 6. The summed E-state index contributed by atoms with van der Waals surface area (Å²) in [5.74, 6) is 0. The molecule has 108 valence electrons. The Balaban J connectivity index is 1.64. The van der Waals surface area contributed by atoms with Gasteiger partial charge >= 0.3 is 0 Å². The number of nitrogens with zero attached hydrogens (tertiary/aromatic N) is 3. The van der Waals surface area contributed by atoms with E-state index in [4.69, 9.17) is 0 Å². The molecule has 0 spiro atoms. The first-order valence-corrected chi connectivity index (χ1v) is 9.13. The average molecular weight is 304 g/mol. The minimum absolute atomic E-state index is 0.519. The molecule has 2 rings (SSSR count). The molecule has 1 aromatic heterocycles. The van der Waals surface area contributed by atoms with Crippen molar-refractivity contribution in [3.05, 3.63) is 11.6 Å². The first kappa shape index (κ1) is 14.7. The highest BCUT2D eigenvalue weighted by Crippen LogP contribution is 2.18. The number of nitrogens with one attached hydrogen (secondary N) is 1. The lowest BCUT2D eigenvalue weighted by Gasteiger charge is -2.34. The van der Waals surface area contributed by atoms with Crippen molar-refractivity contribution < 1.29 is 8.42 Å². The summed E-state index contributed by atoms with van der Waals surface area (Å²) in [6, 6.07) is 0. The fourth-order valence-corrected chi connectivity index (χ4v) is 3.31. The van der Waals surface area contributed by atoms with Crippen molar-refractivity contribution in [1.29, 1.82) is 0 Å². The Morgan fingerprint density at radius 1 is 1.37 bits per heavy atom. The molecule has 1 N–H and O–H groups in total. The van der Waals surface area contributed by atoms with E-state index >= 15 is 0 Å². The highest BCUT2D eigenvalue weighted by Gasteiger charge is 2.18. The summed E-state index contributed by atoms with van der Waals surface area (Å²) in [5, 5.41) is 3.09. The zero-order valence-corrected chi connectivity index (χ0v) is 12.7. The van der Waals surface area contributed by atoms with Gasteiger partial charge in [-0.05, 0) is 13.0 Å². The van der Waals surface area contributed by atoms with Crippen LogP contribution in [0.15, 0.2) is 11.6 Å². The van der Waals surface area contributed by atoms with E-state index in [0.29, 0.717) is 6.54 Å². The van der Waals surface area contributed by atoms with Crippen LogP contribution < -0.4 is 9.62 Å². The lowest BCUT2D eigenvalue weighted by Crippen LogP contribution is -2.47. The van der Waals surface area contributed by atoms with E-state index in [1.165, 1.54) is 6.26 Å². The van der Waals surface area contributed by atoms with Gasteiger partial charge in [0.25, 0.3) is 0 Å². The molecule has 0 bridgehead atoms. The number of hydrogen-bond donors (Lipinski definition) is 1. The van der Waals surface area contributed by atoms with E-state index in [2.05, 4.69) is 19.5 Å². The molecule has 2 heterocycles. The Labute approximate surface area is 118 Å². The third-order valence-corrected chi connectivity index (χ3v) is 4.64. The summed E-state index contributed by atoms with van der Waals surface area (Å²) in [6.07, 6.45) is 3.88. The van der Waals surface area contributed by atoms with Crippen molar-refractivity contribution in [2.75, 3.05) is 50.4 Å². The minimum Gasteiger partial charge on any atom is -0.346 e. The predicted octanol–water partition coefficient (Wildman–Crippen LogP) is 0.204. The predicted molar refractivity (Wildman–Crippen MR) is 78.2 cm³/mol. The van der Waals surface area contributed by atoms with Crippen LogP contribution in [0.5, 0.6) is 0 Å². The van der Waals surface area contributed by atoms with Crippen LogP contribution in [0.3, 0.4) is 0 Å². The quantitative estimate of drug-likeness (QED) is 0.761. The zero-order valence-electron chi connectivity index (χ0n) is 11.1. The lowest BCUT2D eigenvalue weighted by molar-refractivity contribution is 0.255. The highest BCUT2D eigenvalue weighted by atomic mass is 32.2. The summed E-state index contributed by atoms with van der Waals surface area (Å²) < 4.78 is 24.4.